The second kappa shape index (κ2) is 8.73. The van der Waals surface area contributed by atoms with E-state index < -0.39 is 6.10 Å². The first kappa shape index (κ1) is 19.0. The van der Waals surface area contributed by atoms with Gasteiger partial charge in [-0.25, -0.2) is 0 Å². The van der Waals surface area contributed by atoms with E-state index in [1.165, 1.54) is 11.8 Å². The largest absolute Gasteiger partial charge is 0.489 e. The van der Waals surface area contributed by atoms with Crippen LogP contribution in [0.15, 0.2) is 47.6 Å². The van der Waals surface area contributed by atoms with Gasteiger partial charge < -0.3 is 9.84 Å². The van der Waals surface area contributed by atoms with Crippen LogP contribution in [0.4, 0.5) is 0 Å². The normalized spacial score (nSPS) is 12.2. The summed E-state index contributed by atoms with van der Waals surface area (Å²) in [6.45, 7) is 2.09. The molecule has 0 amide bonds. The predicted octanol–water partition coefficient (Wildman–Crippen LogP) is 3.81. The van der Waals surface area contributed by atoms with Crippen LogP contribution in [0, 0.1) is 6.92 Å². The fraction of sp³-hybridized carbons (Fsp3) is 0.235. The SMILES string of the molecule is Cc1ccccc1-n1nnnc1SC[C@@H](O)COc1ccc(Cl)cc1Cl. The minimum atomic E-state index is -0.714. The lowest BCUT2D eigenvalue weighted by Crippen LogP contribution is -2.20. The van der Waals surface area contributed by atoms with Gasteiger partial charge in [0.05, 0.1) is 16.8 Å². The number of halogens is 2. The Kier molecular flexibility index (Phi) is 6.37. The smallest absolute Gasteiger partial charge is 0.214 e. The van der Waals surface area contributed by atoms with E-state index in [4.69, 9.17) is 27.9 Å². The van der Waals surface area contributed by atoms with Crippen LogP contribution in [0.25, 0.3) is 5.69 Å². The number of para-hydroxylation sites is 1. The molecule has 0 aliphatic carbocycles. The Morgan fingerprint density at radius 2 is 2.04 bits per heavy atom. The van der Waals surface area contributed by atoms with Crippen LogP contribution in [0.1, 0.15) is 5.56 Å². The Hall–Kier alpha value is -1.80. The highest BCUT2D eigenvalue weighted by Crippen LogP contribution is 2.28. The quantitative estimate of drug-likeness (QED) is 0.596. The molecule has 0 saturated carbocycles. The number of benzene rings is 2. The number of hydrogen-bond acceptors (Lipinski definition) is 6. The first-order valence-electron chi connectivity index (χ1n) is 7.77. The summed E-state index contributed by atoms with van der Waals surface area (Å²) in [5.41, 5.74) is 1.96. The fourth-order valence-corrected chi connectivity index (χ4v) is 3.47. The molecular weight excluding hydrogens is 395 g/mol. The third-order valence-corrected chi connectivity index (χ3v) is 5.11. The highest BCUT2D eigenvalue weighted by molar-refractivity contribution is 7.99. The number of nitrogens with zero attached hydrogens (tertiary/aromatic N) is 4. The van der Waals surface area contributed by atoms with Crippen molar-refractivity contribution >= 4 is 35.0 Å². The molecule has 2 aromatic carbocycles. The summed E-state index contributed by atoms with van der Waals surface area (Å²) < 4.78 is 7.20. The van der Waals surface area contributed by atoms with Gasteiger partial charge in [0.1, 0.15) is 12.4 Å². The molecule has 0 aliphatic rings. The average molecular weight is 411 g/mol. The van der Waals surface area contributed by atoms with Gasteiger partial charge in [-0.1, -0.05) is 53.2 Å². The van der Waals surface area contributed by atoms with E-state index in [2.05, 4.69) is 15.5 Å². The van der Waals surface area contributed by atoms with E-state index in [9.17, 15) is 5.11 Å². The molecule has 3 rings (SSSR count). The highest BCUT2D eigenvalue weighted by Gasteiger charge is 2.14. The maximum atomic E-state index is 10.2. The molecule has 26 heavy (non-hydrogen) atoms. The number of thioether (sulfide) groups is 1. The van der Waals surface area contributed by atoms with E-state index in [1.807, 2.05) is 31.2 Å². The van der Waals surface area contributed by atoms with Gasteiger partial charge in [0.25, 0.3) is 0 Å². The van der Waals surface area contributed by atoms with E-state index in [0.29, 0.717) is 26.7 Å². The Bertz CT molecular complexity index is 891. The van der Waals surface area contributed by atoms with Gasteiger partial charge in [0.15, 0.2) is 0 Å². The number of aliphatic hydroxyl groups is 1. The van der Waals surface area contributed by atoms with Crippen molar-refractivity contribution in [1.82, 2.24) is 20.2 Å². The van der Waals surface area contributed by atoms with Gasteiger partial charge >= 0.3 is 0 Å². The van der Waals surface area contributed by atoms with Crippen molar-refractivity contribution in [2.24, 2.45) is 0 Å². The monoisotopic (exact) mass is 410 g/mol. The molecule has 0 radical (unpaired) electrons. The first-order valence-corrected chi connectivity index (χ1v) is 9.52. The molecule has 1 N–H and O–H groups in total. The molecule has 0 aliphatic heterocycles. The van der Waals surface area contributed by atoms with E-state index in [1.54, 1.807) is 22.9 Å². The number of ether oxygens (including phenoxy) is 1. The number of hydrogen-bond donors (Lipinski definition) is 1. The molecule has 0 saturated heterocycles. The Morgan fingerprint density at radius 3 is 2.81 bits per heavy atom. The average Bonchev–Trinajstić information content (AvgIpc) is 3.08. The Balaban J connectivity index is 1.58. The summed E-state index contributed by atoms with van der Waals surface area (Å²) in [7, 11) is 0. The summed E-state index contributed by atoms with van der Waals surface area (Å²) >= 11 is 13.2. The van der Waals surface area contributed by atoms with Crippen LogP contribution >= 0.6 is 35.0 Å². The topological polar surface area (TPSA) is 73.1 Å². The molecule has 9 heteroatoms. The van der Waals surface area contributed by atoms with Gasteiger partial charge in [0.2, 0.25) is 5.16 Å². The summed E-state index contributed by atoms with van der Waals surface area (Å²) in [5, 5.41) is 23.5. The molecule has 1 heterocycles. The number of aryl methyl sites for hydroxylation is 1. The summed E-state index contributed by atoms with van der Waals surface area (Å²) in [6.07, 6.45) is -0.714. The third kappa shape index (κ3) is 4.67. The summed E-state index contributed by atoms with van der Waals surface area (Å²) in [4.78, 5) is 0. The van der Waals surface area contributed by atoms with Crippen LogP contribution in [-0.2, 0) is 0 Å². The molecule has 6 nitrogen and oxygen atoms in total. The maximum Gasteiger partial charge on any atom is 0.214 e. The Morgan fingerprint density at radius 1 is 1.23 bits per heavy atom. The van der Waals surface area contributed by atoms with Gasteiger partial charge in [0, 0.05) is 10.8 Å². The number of aliphatic hydroxyl groups excluding tert-OH is 1. The van der Waals surface area contributed by atoms with Crippen molar-refractivity contribution in [2.75, 3.05) is 12.4 Å². The molecule has 0 bridgehead atoms. The molecule has 0 spiro atoms. The van der Waals surface area contributed by atoms with Crippen molar-refractivity contribution in [3.63, 3.8) is 0 Å². The van der Waals surface area contributed by atoms with E-state index in [0.717, 1.165) is 11.3 Å². The molecular formula is C17H16Cl2N4O2S. The van der Waals surface area contributed by atoms with Gasteiger partial charge in [-0.15, -0.1) is 5.10 Å². The number of aromatic nitrogens is 4. The van der Waals surface area contributed by atoms with Crippen molar-refractivity contribution in [1.29, 1.82) is 0 Å². The second-order valence-electron chi connectivity index (χ2n) is 5.51. The minimum absolute atomic E-state index is 0.0975. The van der Waals surface area contributed by atoms with Crippen molar-refractivity contribution in [3.05, 3.63) is 58.1 Å². The van der Waals surface area contributed by atoms with Crippen molar-refractivity contribution in [2.45, 2.75) is 18.2 Å². The van der Waals surface area contributed by atoms with Crippen LogP contribution in [-0.4, -0.2) is 43.8 Å². The highest BCUT2D eigenvalue weighted by atomic mass is 35.5. The molecule has 1 aromatic heterocycles. The van der Waals surface area contributed by atoms with Crippen LogP contribution < -0.4 is 4.74 Å². The van der Waals surface area contributed by atoms with Gasteiger partial charge in [-0.2, -0.15) is 4.68 Å². The molecule has 136 valence electrons. The lowest BCUT2D eigenvalue weighted by atomic mass is 10.2. The van der Waals surface area contributed by atoms with Crippen molar-refractivity contribution < 1.29 is 9.84 Å². The Labute approximate surface area is 165 Å². The second-order valence-corrected chi connectivity index (χ2v) is 7.34. The molecule has 3 aromatic rings. The fourth-order valence-electron chi connectivity index (χ4n) is 2.22. The van der Waals surface area contributed by atoms with Gasteiger partial charge in [-0.3, -0.25) is 0 Å². The van der Waals surface area contributed by atoms with E-state index >= 15 is 0 Å². The molecule has 1 atom stereocenters. The summed E-state index contributed by atoms with van der Waals surface area (Å²) in [6, 6.07) is 12.8. The van der Waals surface area contributed by atoms with Crippen LogP contribution in [0.5, 0.6) is 5.75 Å². The lowest BCUT2D eigenvalue weighted by molar-refractivity contribution is 0.126. The van der Waals surface area contributed by atoms with Crippen LogP contribution in [0.3, 0.4) is 0 Å². The lowest BCUT2D eigenvalue weighted by Gasteiger charge is -2.13. The zero-order chi connectivity index (χ0) is 18.5. The number of tetrazole rings is 1. The van der Waals surface area contributed by atoms with Crippen LogP contribution in [0.2, 0.25) is 10.0 Å². The zero-order valence-electron chi connectivity index (χ0n) is 13.8. The van der Waals surface area contributed by atoms with Gasteiger partial charge in [-0.05, 0) is 47.2 Å². The molecule has 0 fully saturated rings. The first-order chi connectivity index (χ1) is 12.5. The number of rotatable bonds is 7. The molecule has 0 unspecified atom stereocenters. The minimum Gasteiger partial charge on any atom is -0.489 e. The predicted molar refractivity (Wildman–Crippen MR) is 103 cm³/mol. The third-order valence-electron chi connectivity index (χ3n) is 3.51. The maximum absolute atomic E-state index is 10.2. The summed E-state index contributed by atoms with van der Waals surface area (Å²) in [5.74, 6) is 0.849. The zero-order valence-corrected chi connectivity index (χ0v) is 16.2. The van der Waals surface area contributed by atoms with Crippen molar-refractivity contribution in [3.8, 4) is 11.4 Å². The van der Waals surface area contributed by atoms with E-state index in [-0.39, 0.29) is 6.61 Å². The standard InChI is InChI=1S/C17H16Cl2N4O2S/c1-11-4-2-3-5-15(11)23-17(20-21-22-23)26-10-13(24)9-25-16-7-6-12(18)8-14(16)19/h2-8,13,24H,9-10H2,1H3/t13-/m0/s1.